The predicted octanol–water partition coefficient (Wildman–Crippen LogP) is 2.23. The van der Waals surface area contributed by atoms with Gasteiger partial charge in [0.1, 0.15) is 6.10 Å². The van der Waals surface area contributed by atoms with Crippen molar-refractivity contribution in [2.75, 3.05) is 0 Å². The van der Waals surface area contributed by atoms with Gasteiger partial charge in [0, 0.05) is 4.57 Å². The lowest BCUT2D eigenvalue weighted by Crippen LogP contribution is -2.01. The molecule has 2 atom stereocenters. The van der Waals surface area contributed by atoms with E-state index < -0.39 is 8.25 Å². The third kappa shape index (κ3) is 6.14. The highest BCUT2D eigenvalue weighted by atomic mass is 31.1. The smallest absolute Gasteiger partial charge is 0.133 e. The highest BCUT2D eigenvalue weighted by Gasteiger charge is 2.17. The Labute approximate surface area is 62.3 Å². The van der Waals surface area contributed by atoms with E-state index in [1.807, 2.05) is 0 Å². The van der Waals surface area contributed by atoms with Crippen molar-refractivity contribution in [1.29, 1.82) is 0 Å². The van der Waals surface area contributed by atoms with Gasteiger partial charge in [-0.15, -0.1) is 9.42 Å². The summed E-state index contributed by atoms with van der Waals surface area (Å²) in [4.78, 5) is 8.31. The Morgan fingerprint density at radius 3 is 2.70 bits per heavy atom. The Morgan fingerprint density at radius 2 is 2.30 bits per heavy atom. The first-order chi connectivity index (χ1) is 4.66. The molecule has 0 saturated heterocycles. The molecular weight excluding hydrogens is 151 g/mol. The van der Waals surface area contributed by atoms with Crippen LogP contribution in [0.1, 0.15) is 33.1 Å². The lowest BCUT2D eigenvalue weighted by atomic mass is 10.2. The summed E-state index contributed by atoms with van der Waals surface area (Å²) < 4.78 is 14.7. The van der Waals surface area contributed by atoms with Crippen LogP contribution >= 0.6 is 8.25 Å². The fourth-order valence-electron chi connectivity index (χ4n) is 0.698. The molecule has 0 radical (unpaired) electrons. The molecule has 0 aliphatic carbocycles. The average Bonchev–Trinajstić information content (AvgIpc) is 1.82. The lowest BCUT2D eigenvalue weighted by Gasteiger charge is -1.99. The molecular formula is C6H14O3P+. The summed E-state index contributed by atoms with van der Waals surface area (Å²) >= 11 is 0. The summed E-state index contributed by atoms with van der Waals surface area (Å²) in [5, 5.41) is 0. The van der Waals surface area contributed by atoms with Crippen LogP contribution in [0.3, 0.4) is 0 Å². The zero-order chi connectivity index (χ0) is 7.98. The van der Waals surface area contributed by atoms with Gasteiger partial charge in [-0.1, -0.05) is 19.8 Å². The van der Waals surface area contributed by atoms with Crippen molar-refractivity contribution < 1.29 is 14.0 Å². The molecule has 0 amide bonds. The summed E-state index contributed by atoms with van der Waals surface area (Å²) in [5.74, 6) is 0. The van der Waals surface area contributed by atoms with E-state index in [9.17, 15) is 4.57 Å². The van der Waals surface area contributed by atoms with E-state index in [0.717, 1.165) is 19.3 Å². The molecule has 0 spiro atoms. The molecule has 0 aliphatic rings. The van der Waals surface area contributed by atoms with Crippen molar-refractivity contribution in [1.82, 2.24) is 0 Å². The SMILES string of the molecule is CCCCC(C)O[P+](=O)O. The Kier molecular flexibility index (Phi) is 5.79. The van der Waals surface area contributed by atoms with Crippen LogP contribution in [-0.2, 0) is 9.09 Å². The van der Waals surface area contributed by atoms with Crippen LogP contribution in [0.5, 0.6) is 0 Å². The number of hydrogen-bond acceptors (Lipinski definition) is 2. The predicted molar refractivity (Wildman–Crippen MR) is 39.9 cm³/mol. The molecule has 0 rings (SSSR count). The van der Waals surface area contributed by atoms with E-state index >= 15 is 0 Å². The molecule has 4 heteroatoms. The van der Waals surface area contributed by atoms with Crippen molar-refractivity contribution in [2.45, 2.75) is 39.2 Å². The molecule has 0 bridgehead atoms. The van der Waals surface area contributed by atoms with Crippen LogP contribution in [0.2, 0.25) is 0 Å². The minimum atomic E-state index is -2.41. The second-order valence-corrected chi connectivity index (χ2v) is 2.98. The molecule has 3 nitrogen and oxygen atoms in total. The molecule has 0 aliphatic heterocycles. The van der Waals surface area contributed by atoms with E-state index in [2.05, 4.69) is 11.4 Å². The summed E-state index contributed by atoms with van der Waals surface area (Å²) in [6.07, 6.45) is 2.91. The fraction of sp³-hybridized carbons (Fsp3) is 1.00. The molecule has 0 fully saturated rings. The number of hydrogen-bond donors (Lipinski definition) is 1. The van der Waals surface area contributed by atoms with Gasteiger partial charge in [-0.2, -0.15) is 0 Å². The Bertz CT molecular complexity index is 105. The van der Waals surface area contributed by atoms with Gasteiger partial charge in [0.2, 0.25) is 0 Å². The van der Waals surface area contributed by atoms with Crippen molar-refractivity contribution in [3.05, 3.63) is 0 Å². The highest BCUT2D eigenvalue weighted by Crippen LogP contribution is 2.20. The van der Waals surface area contributed by atoms with Gasteiger partial charge >= 0.3 is 8.25 Å². The maximum Gasteiger partial charge on any atom is 0.694 e. The van der Waals surface area contributed by atoms with E-state index in [1.165, 1.54) is 0 Å². The van der Waals surface area contributed by atoms with Crippen LogP contribution < -0.4 is 0 Å². The van der Waals surface area contributed by atoms with Gasteiger partial charge in [0.05, 0.1) is 0 Å². The third-order valence-electron chi connectivity index (χ3n) is 1.23. The molecule has 10 heavy (non-hydrogen) atoms. The molecule has 0 aromatic rings. The zero-order valence-electron chi connectivity index (χ0n) is 6.41. The van der Waals surface area contributed by atoms with E-state index in [1.54, 1.807) is 6.92 Å². The van der Waals surface area contributed by atoms with Gasteiger partial charge < -0.3 is 0 Å². The number of rotatable bonds is 5. The summed E-state index contributed by atoms with van der Waals surface area (Å²) in [7, 11) is -2.41. The Balaban J connectivity index is 3.25. The Hall–Kier alpha value is 0.0200. The molecule has 2 unspecified atom stereocenters. The topological polar surface area (TPSA) is 46.5 Å². The first-order valence-electron chi connectivity index (χ1n) is 3.49. The first kappa shape index (κ1) is 10.0. The zero-order valence-corrected chi connectivity index (χ0v) is 7.30. The summed E-state index contributed by atoms with van der Waals surface area (Å²) in [6, 6.07) is 0. The molecule has 1 N–H and O–H groups in total. The first-order valence-corrected chi connectivity index (χ1v) is 4.62. The van der Waals surface area contributed by atoms with Gasteiger partial charge in [0.25, 0.3) is 0 Å². The quantitative estimate of drug-likeness (QED) is 0.635. The Morgan fingerprint density at radius 1 is 1.70 bits per heavy atom. The van der Waals surface area contributed by atoms with Gasteiger partial charge in [-0.3, -0.25) is 0 Å². The minimum Gasteiger partial charge on any atom is -0.133 e. The summed E-state index contributed by atoms with van der Waals surface area (Å²) in [6.45, 7) is 3.88. The van der Waals surface area contributed by atoms with E-state index in [0.29, 0.717) is 0 Å². The van der Waals surface area contributed by atoms with Gasteiger partial charge in [0.15, 0.2) is 0 Å². The molecule has 0 saturated carbocycles. The van der Waals surface area contributed by atoms with E-state index in [-0.39, 0.29) is 6.10 Å². The number of unbranched alkanes of at least 4 members (excludes halogenated alkanes) is 1. The van der Waals surface area contributed by atoms with Crippen LogP contribution in [0, 0.1) is 0 Å². The van der Waals surface area contributed by atoms with Crippen LogP contribution in [0.25, 0.3) is 0 Å². The van der Waals surface area contributed by atoms with Gasteiger partial charge in [-0.25, -0.2) is 0 Å². The van der Waals surface area contributed by atoms with Crippen molar-refractivity contribution in [3.8, 4) is 0 Å². The van der Waals surface area contributed by atoms with Crippen LogP contribution in [0.4, 0.5) is 0 Å². The molecule has 60 valence electrons. The second-order valence-electron chi connectivity index (χ2n) is 2.30. The second kappa shape index (κ2) is 5.78. The average molecular weight is 165 g/mol. The molecule has 0 aromatic carbocycles. The van der Waals surface area contributed by atoms with Crippen molar-refractivity contribution in [2.24, 2.45) is 0 Å². The highest BCUT2D eigenvalue weighted by molar-refractivity contribution is 7.32. The van der Waals surface area contributed by atoms with Crippen LogP contribution in [0.15, 0.2) is 0 Å². The molecule has 0 heterocycles. The maximum atomic E-state index is 10.1. The van der Waals surface area contributed by atoms with Crippen LogP contribution in [-0.4, -0.2) is 11.0 Å². The standard InChI is InChI=1S/C6H13O3P/c1-3-4-5-6(2)9-10(7)8/h6H,3-5H2,1-2H3/p+1. The van der Waals surface area contributed by atoms with E-state index in [4.69, 9.17) is 4.89 Å². The monoisotopic (exact) mass is 165 g/mol. The lowest BCUT2D eigenvalue weighted by molar-refractivity contribution is 0.193. The maximum absolute atomic E-state index is 10.1. The fourth-order valence-corrected chi connectivity index (χ4v) is 1.11. The largest absolute Gasteiger partial charge is 0.694 e. The third-order valence-corrected chi connectivity index (χ3v) is 1.77. The van der Waals surface area contributed by atoms with Crippen molar-refractivity contribution in [3.63, 3.8) is 0 Å². The summed E-state index contributed by atoms with van der Waals surface area (Å²) in [5.41, 5.74) is 0. The molecule has 0 aromatic heterocycles. The van der Waals surface area contributed by atoms with Crippen molar-refractivity contribution >= 4 is 8.25 Å². The van der Waals surface area contributed by atoms with Gasteiger partial charge in [-0.05, 0) is 13.3 Å². The minimum absolute atomic E-state index is 0.0893. The normalized spacial score (nSPS) is 14.9.